The van der Waals surface area contributed by atoms with Crippen LogP contribution in [0.3, 0.4) is 0 Å². The van der Waals surface area contributed by atoms with Gasteiger partial charge in [-0.25, -0.2) is 8.42 Å². The molecule has 0 unspecified atom stereocenters. The Bertz CT molecular complexity index is 1000. The molecule has 0 radical (unpaired) electrons. The number of likely N-dealkylation sites (N-methyl/N-ethyl adjacent to an activating group) is 1. The summed E-state index contributed by atoms with van der Waals surface area (Å²) in [5, 5.41) is 13.4. The van der Waals surface area contributed by atoms with Gasteiger partial charge in [-0.2, -0.15) is 4.31 Å². The number of non-ortho nitro benzene ring substituents is 1. The molecule has 154 valence electrons. The number of hydrogen-bond donors (Lipinski definition) is 1. The first-order chi connectivity index (χ1) is 13.7. The maximum Gasteiger partial charge on any atom is 0.271 e. The monoisotopic (exact) mass is 418 g/mol. The van der Waals surface area contributed by atoms with E-state index in [1.165, 1.54) is 22.5 Å². The molecule has 1 amide bonds. The number of nitrogens with zero attached hydrogens (tertiary/aromatic N) is 3. The number of carbonyl (C=O) groups is 1. The van der Waals surface area contributed by atoms with Gasteiger partial charge in [0.1, 0.15) is 0 Å². The Hall–Kier alpha value is -2.82. The van der Waals surface area contributed by atoms with E-state index in [0.29, 0.717) is 43.0 Å². The molecule has 1 aliphatic rings. The molecule has 0 bridgehead atoms. The number of amides is 1. The van der Waals surface area contributed by atoms with Gasteiger partial charge in [-0.15, -0.1) is 0 Å². The minimum atomic E-state index is -3.41. The molecule has 3 rings (SSSR count). The second kappa shape index (κ2) is 8.68. The van der Waals surface area contributed by atoms with Crippen molar-refractivity contribution in [1.29, 1.82) is 0 Å². The van der Waals surface area contributed by atoms with Gasteiger partial charge >= 0.3 is 0 Å². The number of sulfonamides is 1. The normalized spacial score (nSPS) is 15.8. The Morgan fingerprint density at radius 1 is 1.10 bits per heavy atom. The zero-order valence-corrected chi connectivity index (χ0v) is 16.8. The molecule has 1 N–H and O–H groups in total. The number of nitro benzene ring substituents is 1. The highest BCUT2D eigenvalue weighted by molar-refractivity contribution is 7.88. The zero-order valence-electron chi connectivity index (χ0n) is 15.9. The Labute approximate surface area is 169 Å². The Kier molecular flexibility index (Phi) is 6.26. The number of benzene rings is 2. The van der Waals surface area contributed by atoms with Crippen LogP contribution in [0.1, 0.15) is 15.9 Å². The lowest BCUT2D eigenvalue weighted by Gasteiger charge is -2.31. The summed E-state index contributed by atoms with van der Waals surface area (Å²) in [6.45, 7) is 2.36. The molecule has 9 nitrogen and oxygen atoms in total. The molecule has 2 aromatic rings. The van der Waals surface area contributed by atoms with E-state index >= 15 is 0 Å². The van der Waals surface area contributed by atoms with E-state index in [-0.39, 0.29) is 11.4 Å². The van der Waals surface area contributed by atoms with Gasteiger partial charge in [0.25, 0.3) is 11.6 Å². The van der Waals surface area contributed by atoms with Crippen LogP contribution in [0, 0.1) is 10.1 Å². The number of nitrogens with one attached hydrogen (secondary N) is 1. The third kappa shape index (κ3) is 5.37. The highest BCUT2D eigenvalue weighted by Crippen LogP contribution is 2.19. The van der Waals surface area contributed by atoms with Gasteiger partial charge in [0.2, 0.25) is 10.0 Å². The van der Waals surface area contributed by atoms with Crippen molar-refractivity contribution in [3.05, 3.63) is 69.8 Å². The van der Waals surface area contributed by atoms with Crippen LogP contribution >= 0.6 is 0 Å². The molecule has 1 fully saturated rings. The molecule has 0 aromatic heterocycles. The van der Waals surface area contributed by atoms with Crippen molar-refractivity contribution in [3.63, 3.8) is 0 Å². The smallest absolute Gasteiger partial charge is 0.271 e. The third-order valence-corrected chi connectivity index (χ3v) is 6.59. The van der Waals surface area contributed by atoms with Crippen molar-refractivity contribution in [2.75, 3.05) is 38.5 Å². The fraction of sp³-hybridized carbons (Fsp3) is 0.316. The average Bonchev–Trinajstić information content (AvgIpc) is 2.68. The van der Waals surface area contributed by atoms with Crippen LogP contribution < -0.4 is 5.32 Å². The highest BCUT2D eigenvalue weighted by atomic mass is 32.2. The molecule has 0 spiro atoms. The summed E-state index contributed by atoms with van der Waals surface area (Å²) < 4.78 is 26.7. The van der Waals surface area contributed by atoms with E-state index in [2.05, 4.69) is 10.2 Å². The van der Waals surface area contributed by atoms with Crippen molar-refractivity contribution in [2.45, 2.75) is 5.75 Å². The van der Waals surface area contributed by atoms with Gasteiger partial charge in [-0.1, -0.05) is 18.2 Å². The summed E-state index contributed by atoms with van der Waals surface area (Å²) in [6, 6.07) is 12.0. The molecule has 2 aromatic carbocycles. The van der Waals surface area contributed by atoms with Crippen LogP contribution in [0.5, 0.6) is 0 Å². The van der Waals surface area contributed by atoms with Crippen molar-refractivity contribution in [1.82, 2.24) is 9.21 Å². The van der Waals surface area contributed by atoms with Gasteiger partial charge in [0, 0.05) is 49.6 Å². The van der Waals surface area contributed by atoms with E-state index in [1.807, 2.05) is 7.05 Å². The van der Waals surface area contributed by atoms with E-state index in [4.69, 9.17) is 0 Å². The summed E-state index contributed by atoms with van der Waals surface area (Å²) in [5.41, 5.74) is 1.12. The molecule has 1 aliphatic heterocycles. The van der Waals surface area contributed by atoms with Crippen molar-refractivity contribution >= 4 is 27.3 Å². The number of piperazine rings is 1. The molecule has 29 heavy (non-hydrogen) atoms. The van der Waals surface area contributed by atoms with E-state index < -0.39 is 20.9 Å². The highest BCUT2D eigenvalue weighted by Gasteiger charge is 2.25. The van der Waals surface area contributed by atoms with E-state index in [9.17, 15) is 23.3 Å². The second-order valence-electron chi connectivity index (χ2n) is 6.92. The topological polar surface area (TPSA) is 113 Å². The van der Waals surface area contributed by atoms with E-state index in [0.717, 1.165) is 0 Å². The van der Waals surface area contributed by atoms with E-state index in [1.54, 1.807) is 30.3 Å². The number of anilines is 1. The molecule has 0 atom stereocenters. The molecule has 1 heterocycles. The van der Waals surface area contributed by atoms with Gasteiger partial charge in [0.15, 0.2) is 0 Å². The third-order valence-electron chi connectivity index (χ3n) is 4.74. The minimum Gasteiger partial charge on any atom is -0.322 e. The fourth-order valence-electron chi connectivity index (χ4n) is 3.02. The van der Waals surface area contributed by atoms with Gasteiger partial charge < -0.3 is 10.2 Å². The fourth-order valence-corrected chi connectivity index (χ4v) is 4.54. The quantitative estimate of drug-likeness (QED) is 0.566. The summed E-state index contributed by atoms with van der Waals surface area (Å²) in [5.74, 6) is -0.553. The lowest BCUT2D eigenvalue weighted by molar-refractivity contribution is -0.384. The SMILES string of the molecule is CN1CCN(S(=O)(=O)Cc2ccc(C(=O)Nc3cccc([N+](=O)[O-])c3)cc2)CC1. The maximum absolute atomic E-state index is 12.6. The lowest BCUT2D eigenvalue weighted by atomic mass is 10.1. The van der Waals surface area contributed by atoms with Crippen LogP contribution in [-0.4, -0.2) is 61.7 Å². The van der Waals surface area contributed by atoms with Crippen LogP contribution in [0.25, 0.3) is 0 Å². The van der Waals surface area contributed by atoms with Crippen molar-refractivity contribution in [3.8, 4) is 0 Å². The molecular formula is C19H22N4O5S. The number of carbonyl (C=O) groups excluding carboxylic acids is 1. The number of hydrogen-bond acceptors (Lipinski definition) is 6. The molecule has 0 aliphatic carbocycles. The summed E-state index contributed by atoms with van der Waals surface area (Å²) in [7, 11) is -1.45. The average molecular weight is 418 g/mol. The Morgan fingerprint density at radius 3 is 2.38 bits per heavy atom. The summed E-state index contributed by atoms with van der Waals surface area (Å²) in [4.78, 5) is 24.7. The van der Waals surface area contributed by atoms with Crippen molar-refractivity contribution in [2.24, 2.45) is 0 Å². The first kappa shape index (κ1) is 20.9. The second-order valence-corrected chi connectivity index (χ2v) is 8.89. The van der Waals surface area contributed by atoms with Gasteiger partial charge in [-0.05, 0) is 30.8 Å². The largest absolute Gasteiger partial charge is 0.322 e. The molecule has 0 saturated carbocycles. The molecule has 10 heteroatoms. The first-order valence-corrected chi connectivity index (χ1v) is 10.7. The first-order valence-electron chi connectivity index (χ1n) is 9.06. The summed E-state index contributed by atoms with van der Waals surface area (Å²) in [6.07, 6.45) is 0. The predicted molar refractivity (Wildman–Crippen MR) is 109 cm³/mol. The van der Waals surface area contributed by atoms with Crippen LogP contribution in [-0.2, 0) is 15.8 Å². The Balaban J connectivity index is 1.64. The minimum absolute atomic E-state index is 0.118. The predicted octanol–water partition coefficient (Wildman–Crippen LogP) is 1.92. The number of nitro groups is 1. The lowest BCUT2D eigenvalue weighted by Crippen LogP contribution is -2.47. The standard InChI is InChI=1S/C19H22N4O5S/c1-21-9-11-22(12-10-21)29(27,28)14-15-5-7-16(8-6-15)19(24)20-17-3-2-4-18(13-17)23(25)26/h2-8,13H,9-12,14H2,1H3,(H,20,24). The zero-order chi connectivity index (χ0) is 21.0. The summed E-state index contributed by atoms with van der Waals surface area (Å²) >= 11 is 0. The number of rotatable bonds is 6. The van der Waals surface area contributed by atoms with Crippen molar-refractivity contribution < 1.29 is 18.1 Å². The van der Waals surface area contributed by atoms with Gasteiger partial charge in [-0.3, -0.25) is 14.9 Å². The molecular weight excluding hydrogens is 396 g/mol. The van der Waals surface area contributed by atoms with Crippen LogP contribution in [0.2, 0.25) is 0 Å². The maximum atomic E-state index is 12.6. The Morgan fingerprint density at radius 2 is 1.76 bits per heavy atom. The van der Waals surface area contributed by atoms with Gasteiger partial charge in [0.05, 0.1) is 10.7 Å². The van der Waals surface area contributed by atoms with Crippen LogP contribution in [0.15, 0.2) is 48.5 Å². The van der Waals surface area contributed by atoms with Crippen LogP contribution in [0.4, 0.5) is 11.4 Å². The molecule has 1 saturated heterocycles.